The summed E-state index contributed by atoms with van der Waals surface area (Å²) in [6, 6.07) is -0.625. The minimum absolute atomic E-state index is 0.107. The van der Waals surface area contributed by atoms with Crippen LogP contribution in [-0.4, -0.2) is 48.8 Å². The van der Waals surface area contributed by atoms with Crippen molar-refractivity contribution >= 4 is 11.9 Å². The molecular weight excluding hydrogens is 236 g/mol. The number of carbonyl (C=O) groups excluding carboxylic acids is 1. The molecule has 2 fully saturated rings. The molecule has 2 saturated heterocycles. The van der Waals surface area contributed by atoms with Crippen molar-refractivity contribution < 1.29 is 19.4 Å². The summed E-state index contributed by atoms with van der Waals surface area (Å²) in [7, 11) is 0. The molecule has 0 aliphatic carbocycles. The van der Waals surface area contributed by atoms with Crippen LogP contribution in [0, 0.1) is 11.8 Å². The molecule has 4 unspecified atom stereocenters. The molecule has 0 radical (unpaired) electrons. The van der Waals surface area contributed by atoms with Gasteiger partial charge in [0.2, 0.25) is 5.91 Å². The monoisotopic (exact) mass is 256 g/mol. The van der Waals surface area contributed by atoms with E-state index in [1.165, 1.54) is 0 Å². The number of carboxylic acid groups (broad SMARTS) is 1. The fourth-order valence-corrected chi connectivity index (χ4v) is 2.61. The van der Waals surface area contributed by atoms with Gasteiger partial charge in [-0.2, -0.15) is 0 Å². The number of hydrogen-bond acceptors (Lipinski definition) is 4. The van der Waals surface area contributed by atoms with Gasteiger partial charge < -0.3 is 20.5 Å². The molecule has 2 aliphatic heterocycles. The molecule has 0 aromatic rings. The van der Waals surface area contributed by atoms with Gasteiger partial charge in [0.1, 0.15) is 5.92 Å². The van der Waals surface area contributed by atoms with Crippen LogP contribution in [0.4, 0.5) is 0 Å². The quantitative estimate of drug-likeness (QED) is 0.639. The summed E-state index contributed by atoms with van der Waals surface area (Å²) < 4.78 is 5.13. The Bertz CT molecular complexity index is 334. The largest absolute Gasteiger partial charge is 0.481 e. The Morgan fingerprint density at radius 2 is 2.17 bits per heavy atom. The van der Waals surface area contributed by atoms with Gasteiger partial charge in [-0.25, -0.2) is 0 Å². The lowest BCUT2D eigenvalue weighted by Gasteiger charge is -2.30. The first-order chi connectivity index (χ1) is 8.59. The van der Waals surface area contributed by atoms with Crippen LogP contribution < -0.4 is 10.6 Å². The van der Waals surface area contributed by atoms with Crippen LogP contribution in [0.1, 0.15) is 19.8 Å². The van der Waals surface area contributed by atoms with E-state index in [1.807, 2.05) is 6.92 Å². The third-order valence-corrected chi connectivity index (χ3v) is 3.78. The molecule has 0 saturated carbocycles. The van der Waals surface area contributed by atoms with Crippen LogP contribution in [0.3, 0.4) is 0 Å². The second kappa shape index (κ2) is 5.67. The molecular formula is C12H20N2O4. The van der Waals surface area contributed by atoms with Gasteiger partial charge in [-0.1, -0.05) is 6.92 Å². The number of hydrogen-bond donors (Lipinski definition) is 3. The van der Waals surface area contributed by atoms with E-state index in [2.05, 4.69) is 10.6 Å². The van der Waals surface area contributed by atoms with Crippen molar-refractivity contribution in [2.24, 2.45) is 11.8 Å². The maximum Gasteiger partial charge on any atom is 0.311 e. The molecule has 0 bridgehead atoms. The van der Waals surface area contributed by atoms with Gasteiger partial charge in [0, 0.05) is 0 Å². The van der Waals surface area contributed by atoms with Crippen molar-refractivity contribution in [3.63, 3.8) is 0 Å². The van der Waals surface area contributed by atoms with Crippen molar-refractivity contribution in [2.75, 3.05) is 19.8 Å². The summed E-state index contributed by atoms with van der Waals surface area (Å²) in [5.74, 6) is -1.37. The Balaban J connectivity index is 1.92. The summed E-state index contributed by atoms with van der Waals surface area (Å²) in [6.07, 6.45) is 2.10. The number of nitrogens with one attached hydrogen (secondary N) is 2. The summed E-state index contributed by atoms with van der Waals surface area (Å²) >= 11 is 0. The Labute approximate surface area is 106 Å². The maximum absolute atomic E-state index is 12.1. The number of rotatable bonds is 3. The number of ether oxygens (including phenoxy) is 1. The maximum atomic E-state index is 12.1. The molecule has 0 spiro atoms. The Morgan fingerprint density at radius 1 is 1.39 bits per heavy atom. The number of aliphatic carboxylic acids is 1. The molecule has 2 aliphatic rings. The average Bonchev–Trinajstić information content (AvgIpc) is 2.77. The highest BCUT2D eigenvalue weighted by atomic mass is 16.5. The zero-order valence-corrected chi connectivity index (χ0v) is 10.5. The molecule has 6 heteroatoms. The summed E-state index contributed by atoms with van der Waals surface area (Å²) in [4.78, 5) is 23.1. The molecule has 4 atom stereocenters. The third-order valence-electron chi connectivity index (χ3n) is 3.78. The van der Waals surface area contributed by atoms with Crippen molar-refractivity contribution in [1.82, 2.24) is 10.6 Å². The number of amides is 1. The Hall–Kier alpha value is -1.14. The topological polar surface area (TPSA) is 87.7 Å². The van der Waals surface area contributed by atoms with Crippen LogP contribution >= 0.6 is 0 Å². The van der Waals surface area contributed by atoms with E-state index in [9.17, 15) is 9.59 Å². The first-order valence-corrected chi connectivity index (χ1v) is 6.44. The minimum Gasteiger partial charge on any atom is -0.481 e. The summed E-state index contributed by atoms with van der Waals surface area (Å²) in [5.41, 5.74) is 0. The van der Waals surface area contributed by atoms with Crippen LogP contribution in [0.5, 0.6) is 0 Å². The predicted molar refractivity (Wildman–Crippen MR) is 64.1 cm³/mol. The number of carboxylic acids is 1. The fourth-order valence-electron chi connectivity index (χ4n) is 2.61. The Morgan fingerprint density at radius 3 is 2.83 bits per heavy atom. The molecule has 102 valence electrons. The van der Waals surface area contributed by atoms with Crippen LogP contribution in [-0.2, 0) is 14.3 Å². The third kappa shape index (κ3) is 2.81. The van der Waals surface area contributed by atoms with E-state index in [1.54, 1.807) is 0 Å². The van der Waals surface area contributed by atoms with Gasteiger partial charge >= 0.3 is 5.97 Å². The summed E-state index contributed by atoms with van der Waals surface area (Å²) in [6.45, 7) is 3.33. The molecule has 2 heterocycles. The Kier molecular flexibility index (Phi) is 4.19. The fraction of sp³-hybridized carbons (Fsp3) is 0.833. The SMILES string of the molecule is CC1CCCNC1C(=O)NC1COCC1C(=O)O. The van der Waals surface area contributed by atoms with Gasteiger partial charge in [0.15, 0.2) is 0 Å². The second-order valence-electron chi connectivity index (χ2n) is 5.15. The molecule has 2 rings (SSSR count). The van der Waals surface area contributed by atoms with E-state index in [4.69, 9.17) is 9.84 Å². The second-order valence-corrected chi connectivity index (χ2v) is 5.15. The van der Waals surface area contributed by atoms with Gasteiger partial charge in [0.05, 0.1) is 25.3 Å². The predicted octanol–water partition coefficient (Wildman–Crippen LogP) is -0.410. The highest BCUT2D eigenvalue weighted by Gasteiger charge is 2.37. The summed E-state index contributed by atoms with van der Waals surface area (Å²) in [5, 5.41) is 15.0. The number of carbonyl (C=O) groups is 2. The zero-order chi connectivity index (χ0) is 13.1. The number of piperidine rings is 1. The van der Waals surface area contributed by atoms with Gasteiger partial charge in [-0.3, -0.25) is 9.59 Å². The lowest BCUT2D eigenvalue weighted by molar-refractivity contribution is -0.142. The molecule has 1 amide bonds. The first kappa shape index (κ1) is 13.3. The molecule has 0 aromatic heterocycles. The lowest BCUT2D eigenvalue weighted by atomic mass is 9.91. The average molecular weight is 256 g/mol. The van der Waals surface area contributed by atoms with Gasteiger partial charge in [-0.15, -0.1) is 0 Å². The smallest absolute Gasteiger partial charge is 0.311 e. The standard InChI is InChI=1S/C12H20N2O4/c1-7-3-2-4-13-10(7)11(15)14-9-6-18-5-8(9)12(16)17/h7-10,13H,2-6H2,1H3,(H,14,15)(H,16,17). The molecule has 18 heavy (non-hydrogen) atoms. The molecule has 6 nitrogen and oxygen atoms in total. The minimum atomic E-state index is -0.914. The zero-order valence-electron chi connectivity index (χ0n) is 10.5. The first-order valence-electron chi connectivity index (χ1n) is 6.44. The van der Waals surface area contributed by atoms with E-state index in [-0.39, 0.29) is 31.1 Å². The van der Waals surface area contributed by atoms with Crippen molar-refractivity contribution in [3.8, 4) is 0 Å². The van der Waals surface area contributed by atoms with Crippen molar-refractivity contribution in [1.29, 1.82) is 0 Å². The highest BCUT2D eigenvalue weighted by Crippen LogP contribution is 2.18. The van der Waals surface area contributed by atoms with Crippen molar-refractivity contribution in [2.45, 2.75) is 31.8 Å². The van der Waals surface area contributed by atoms with E-state index < -0.39 is 17.9 Å². The van der Waals surface area contributed by atoms with Gasteiger partial charge in [-0.05, 0) is 25.3 Å². The van der Waals surface area contributed by atoms with Crippen LogP contribution in [0.15, 0.2) is 0 Å². The van der Waals surface area contributed by atoms with E-state index >= 15 is 0 Å². The molecule has 0 aromatic carbocycles. The van der Waals surface area contributed by atoms with Crippen LogP contribution in [0.2, 0.25) is 0 Å². The van der Waals surface area contributed by atoms with E-state index in [0.717, 1.165) is 19.4 Å². The highest BCUT2D eigenvalue weighted by molar-refractivity contribution is 5.83. The van der Waals surface area contributed by atoms with Crippen LogP contribution in [0.25, 0.3) is 0 Å². The van der Waals surface area contributed by atoms with Gasteiger partial charge in [0.25, 0.3) is 0 Å². The molecule has 3 N–H and O–H groups in total. The normalized spacial score (nSPS) is 36.3. The van der Waals surface area contributed by atoms with Crippen molar-refractivity contribution in [3.05, 3.63) is 0 Å². The lowest BCUT2D eigenvalue weighted by Crippen LogP contribution is -2.54. The van der Waals surface area contributed by atoms with E-state index in [0.29, 0.717) is 0 Å².